The number of anilines is 2. The molecule has 1 aromatic carbocycles. The second-order valence-corrected chi connectivity index (χ2v) is 4.53. The van der Waals surface area contributed by atoms with Crippen LogP contribution in [0.4, 0.5) is 11.5 Å². The summed E-state index contributed by atoms with van der Waals surface area (Å²) in [6, 6.07) is 7.48. The van der Waals surface area contributed by atoms with Gasteiger partial charge in [-0.2, -0.15) is 5.10 Å². The molecule has 0 amide bonds. The van der Waals surface area contributed by atoms with E-state index in [4.69, 9.17) is 17.3 Å². The maximum Gasteiger partial charge on any atom is 0.134 e. The summed E-state index contributed by atoms with van der Waals surface area (Å²) >= 11 is 6.07. The van der Waals surface area contributed by atoms with Gasteiger partial charge in [-0.15, -0.1) is 0 Å². The number of aromatic nitrogens is 3. The van der Waals surface area contributed by atoms with Gasteiger partial charge in [-0.25, -0.2) is 9.67 Å². The molecule has 0 bridgehead atoms. The van der Waals surface area contributed by atoms with Gasteiger partial charge in [0.15, 0.2) is 0 Å². The summed E-state index contributed by atoms with van der Waals surface area (Å²) in [5.41, 5.74) is 8.54. The Morgan fingerprint density at radius 2 is 2.16 bits per heavy atom. The van der Waals surface area contributed by atoms with Crippen LogP contribution in [-0.4, -0.2) is 21.8 Å². The van der Waals surface area contributed by atoms with Crippen LogP contribution in [0, 0.1) is 0 Å². The van der Waals surface area contributed by atoms with Crippen molar-refractivity contribution in [3.8, 4) is 5.69 Å². The van der Waals surface area contributed by atoms with E-state index in [1.54, 1.807) is 17.1 Å². The maximum atomic E-state index is 6.07. The van der Waals surface area contributed by atoms with E-state index in [0.717, 1.165) is 22.3 Å². The minimum atomic E-state index is 0.469. The highest BCUT2D eigenvalue weighted by molar-refractivity contribution is 6.30. The van der Waals surface area contributed by atoms with Gasteiger partial charge in [0, 0.05) is 18.3 Å². The van der Waals surface area contributed by atoms with Crippen LogP contribution >= 0.6 is 11.6 Å². The number of halogens is 1. The number of fused-ring (bicyclic) bond motifs is 1. The Labute approximate surface area is 115 Å². The monoisotopic (exact) mass is 273 g/mol. The first-order chi connectivity index (χ1) is 9.20. The van der Waals surface area contributed by atoms with Gasteiger partial charge in [0.25, 0.3) is 0 Å². The van der Waals surface area contributed by atoms with E-state index in [9.17, 15) is 0 Å². The summed E-state index contributed by atoms with van der Waals surface area (Å²) in [7, 11) is 1.86. The molecule has 0 aliphatic heterocycles. The SMILES string of the molecule is CNc1ccc(Cl)cc1-n1ncc2c(N)nccc21. The van der Waals surface area contributed by atoms with Crippen molar-refractivity contribution in [2.75, 3.05) is 18.1 Å². The van der Waals surface area contributed by atoms with Crippen molar-refractivity contribution in [2.24, 2.45) is 0 Å². The van der Waals surface area contributed by atoms with Crippen molar-refractivity contribution in [3.05, 3.63) is 41.7 Å². The van der Waals surface area contributed by atoms with Crippen LogP contribution in [0.1, 0.15) is 0 Å². The van der Waals surface area contributed by atoms with E-state index in [1.807, 2.05) is 31.3 Å². The molecule has 0 unspecified atom stereocenters. The van der Waals surface area contributed by atoms with Crippen molar-refractivity contribution in [1.82, 2.24) is 14.8 Å². The standard InChI is InChI=1S/C13H12ClN5/c1-16-10-3-2-8(14)6-12(10)19-11-4-5-17-13(15)9(11)7-18-19/h2-7,16H,1H3,(H2,15,17). The van der Waals surface area contributed by atoms with Crippen molar-refractivity contribution >= 4 is 34.0 Å². The topological polar surface area (TPSA) is 68.8 Å². The smallest absolute Gasteiger partial charge is 0.134 e. The Balaban J connectivity index is 2.30. The summed E-state index contributed by atoms with van der Waals surface area (Å²) in [6.07, 6.45) is 3.37. The molecule has 0 aliphatic rings. The number of nitrogen functional groups attached to an aromatic ring is 1. The molecular weight excluding hydrogens is 262 g/mol. The Hall–Kier alpha value is -2.27. The first-order valence-electron chi connectivity index (χ1n) is 5.76. The molecule has 0 aliphatic carbocycles. The molecule has 3 N–H and O–H groups in total. The summed E-state index contributed by atoms with van der Waals surface area (Å²) < 4.78 is 1.80. The normalized spacial score (nSPS) is 10.8. The second kappa shape index (κ2) is 4.44. The molecular formula is C13H12ClN5. The Morgan fingerprint density at radius 1 is 1.32 bits per heavy atom. The van der Waals surface area contributed by atoms with E-state index >= 15 is 0 Å². The van der Waals surface area contributed by atoms with Crippen molar-refractivity contribution in [1.29, 1.82) is 0 Å². The van der Waals surface area contributed by atoms with E-state index in [2.05, 4.69) is 15.4 Å². The fourth-order valence-corrected chi connectivity index (χ4v) is 2.22. The zero-order valence-corrected chi connectivity index (χ0v) is 11.0. The van der Waals surface area contributed by atoms with E-state index < -0.39 is 0 Å². The van der Waals surface area contributed by atoms with Crippen LogP contribution in [0.3, 0.4) is 0 Å². The Morgan fingerprint density at radius 3 is 2.95 bits per heavy atom. The molecule has 0 spiro atoms. The highest BCUT2D eigenvalue weighted by atomic mass is 35.5. The third kappa shape index (κ3) is 1.88. The summed E-state index contributed by atoms with van der Waals surface area (Å²) in [5.74, 6) is 0.469. The largest absolute Gasteiger partial charge is 0.386 e. The van der Waals surface area contributed by atoms with Gasteiger partial charge in [-0.05, 0) is 24.3 Å². The van der Waals surface area contributed by atoms with Crippen molar-refractivity contribution in [3.63, 3.8) is 0 Å². The highest BCUT2D eigenvalue weighted by Gasteiger charge is 2.11. The van der Waals surface area contributed by atoms with Crippen LogP contribution in [0.25, 0.3) is 16.6 Å². The van der Waals surface area contributed by atoms with Crippen LogP contribution in [0.2, 0.25) is 5.02 Å². The lowest BCUT2D eigenvalue weighted by atomic mass is 10.2. The van der Waals surface area contributed by atoms with Gasteiger partial charge in [-0.3, -0.25) is 0 Å². The molecule has 2 heterocycles. The first-order valence-corrected chi connectivity index (χ1v) is 6.14. The second-order valence-electron chi connectivity index (χ2n) is 4.10. The summed E-state index contributed by atoms with van der Waals surface area (Å²) in [5, 5.41) is 8.97. The predicted octanol–water partition coefficient (Wildman–Crippen LogP) is 2.70. The van der Waals surface area contributed by atoms with E-state index in [1.165, 1.54) is 0 Å². The van der Waals surface area contributed by atoms with Gasteiger partial charge >= 0.3 is 0 Å². The summed E-state index contributed by atoms with van der Waals surface area (Å²) in [4.78, 5) is 4.06. The first kappa shape index (κ1) is 11.8. The lowest BCUT2D eigenvalue weighted by molar-refractivity contribution is 0.911. The van der Waals surface area contributed by atoms with Gasteiger partial charge in [0.05, 0.1) is 28.5 Å². The number of pyridine rings is 1. The minimum Gasteiger partial charge on any atom is -0.386 e. The number of nitrogens with two attached hydrogens (primary N) is 1. The van der Waals surface area contributed by atoms with Crippen molar-refractivity contribution < 1.29 is 0 Å². The van der Waals surface area contributed by atoms with E-state index in [-0.39, 0.29) is 0 Å². The molecule has 6 heteroatoms. The van der Waals surface area contributed by atoms with Gasteiger partial charge in [-0.1, -0.05) is 11.6 Å². The molecule has 96 valence electrons. The lowest BCUT2D eigenvalue weighted by Crippen LogP contribution is -2.02. The third-order valence-electron chi connectivity index (χ3n) is 2.99. The number of benzene rings is 1. The van der Waals surface area contributed by atoms with Gasteiger partial charge in [0.1, 0.15) is 5.82 Å². The van der Waals surface area contributed by atoms with Crippen LogP contribution in [-0.2, 0) is 0 Å². The molecule has 0 saturated heterocycles. The fraction of sp³-hybridized carbons (Fsp3) is 0.0769. The molecule has 2 aromatic heterocycles. The zero-order chi connectivity index (χ0) is 13.4. The third-order valence-corrected chi connectivity index (χ3v) is 3.22. The number of rotatable bonds is 2. The van der Waals surface area contributed by atoms with Crippen molar-refractivity contribution in [2.45, 2.75) is 0 Å². The molecule has 0 saturated carbocycles. The van der Waals surface area contributed by atoms with Crippen LogP contribution in [0.5, 0.6) is 0 Å². The average molecular weight is 274 g/mol. The molecule has 0 fully saturated rings. The van der Waals surface area contributed by atoms with Gasteiger partial charge in [0.2, 0.25) is 0 Å². The van der Waals surface area contributed by atoms with Crippen LogP contribution in [0.15, 0.2) is 36.7 Å². The number of nitrogens with zero attached hydrogens (tertiary/aromatic N) is 3. The number of hydrogen-bond donors (Lipinski definition) is 2. The number of hydrogen-bond acceptors (Lipinski definition) is 4. The molecule has 0 atom stereocenters. The Bertz CT molecular complexity index is 750. The van der Waals surface area contributed by atoms with Gasteiger partial charge < -0.3 is 11.1 Å². The summed E-state index contributed by atoms with van der Waals surface area (Å²) in [6.45, 7) is 0. The van der Waals surface area contributed by atoms with E-state index in [0.29, 0.717) is 10.8 Å². The lowest BCUT2D eigenvalue weighted by Gasteiger charge is -2.10. The zero-order valence-electron chi connectivity index (χ0n) is 10.3. The average Bonchev–Trinajstić information content (AvgIpc) is 2.84. The van der Waals surface area contributed by atoms with Crippen LogP contribution < -0.4 is 11.1 Å². The quantitative estimate of drug-likeness (QED) is 0.753. The predicted molar refractivity (Wildman–Crippen MR) is 77.8 cm³/mol. The molecule has 0 radical (unpaired) electrons. The molecule has 5 nitrogen and oxygen atoms in total. The fourth-order valence-electron chi connectivity index (χ4n) is 2.06. The number of nitrogens with one attached hydrogen (secondary N) is 1. The molecule has 19 heavy (non-hydrogen) atoms. The highest BCUT2D eigenvalue weighted by Crippen LogP contribution is 2.28. The Kier molecular flexibility index (Phi) is 2.76. The maximum absolute atomic E-state index is 6.07. The molecule has 3 rings (SSSR count). The molecule has 3 aromatic rings. The minimum absolute atomic E-state index is 0.469.